The van der Waals surface area contributed by atoms with Crippen LogP contribution in [0.4, 0.5) is 0 Å². The van der Waals surface area contributed by atoms with E-state index in [1.165, 1.54) is 0 Å². The van der Waals surface area contributed by atoms with Crippen LogP contribution >= 0.6 is 0 Å². The molecule has 0 aliphatic heterocycles. The SMILES string of the molecule is Cc1nc(COc2ccc(C#N)cc2)no1. The van der Waals surface area contributed by atoms with Crippen LogP contribution in [0.1, 0.15) is 17.3 Å². The number of rotatable bonds is 3. The fraction of sp³-hybridized carbons (Fsp3) is 0.182. The molecule has 80 valence electrons. The van der Waals surface area contributed by atoms with E-state index in [0.717, 1.165) is 0 Å². The minimum Gasteiger partial charge on any atom is -0.485 e. The number of aromatic nitrogens is 2. The zero-order valence-corrected chi connectivity index (χ0v) is 8.67. The average Bonchev–Trinajstić information content (AvgIpc) is 2.73. The van der Waals surface area contributed by atoms with E-state index in [-0.39, 0.29) is 6.61 Å². The van der Waals surface area contributed by atoms with Crippen molar-refractivity contribution in [2.24, 2.45) is 0 Å². The Hall–Kier alpha value is -2.35. The summed E-state index contributed by atoms with van der Waals surface area (Å²) in [6.45, 7) is 1.97. The Morgan fingerprint density at radius 3 is 2.69 bits per heavy atom. The number of hydrogen-bond acceptors (Lipinski definition) is 5. The van der Waals surface area contributed by atoms with Crippen LogP contribution in [-0.2, 0) is 6.61 Å². The average molecular weight is 215 g/mol. The Kier molecular flexibility index (Phi) is 2.83. The lowest BCUT2D eigenvalue weighted by Crippen LogP contribution is -1.97. The molecule has 1 aromatic heterocycles. The van der Waals surface area contributed by atoms with Gasteiger partial charge in [-0.3, -0.25) is 0 Å². The third kappa shape index (κ3) is 2.36. The molecule has 2 aromatic rings. The van der Waals surface area contributed by atoms with Crippen molar-refractivity contribution in [1.29, 1.82) is 5.26 Å². The summed E-state index contributed by atoms with van der Waals surface area (Å²) in [5, 5.41) is 12.3. The predicted molar refractivity (Wildman–Crippen MR) is 54.5 cm³/mol. The Labute approximate surface area is 92.3 Å². The van der Waals surface area contributed by atoms with E-state index in [1.807, 2.05) is 6.07 Å². The van der Waals surface area contributed by atoms with Gasteiger partial charge >= 0.3 is 0 Å². The van der Waals surface area contributed by atoms with Crippen molar-refractivity contribution in [2.45, 2.75) is 13.5 Å². The first-order valence-electron chi connectivity index (χ1n) is 4.70. The van der Waals surface area contributed by atoms with Gasteiger partial charge in [-0.1, -0.05) is 5.16 Å². The van der Waals surface area contributed by atoms with Crippen molar-refractivity contribution in [3.05, 3.63) is 41.5 Å². The van der Waals surface area contributed by atoms with Crippen LogP contribution in [0.3, 0.4) is 0 Å². The van der Waals surface area contributed by atoms with E-state index >= 15 is 0 Å². The van der Waals surface area contributed by atoms with Gasteiger partial charge in [-0.2, -0.15) is 10.2 Å². The molecular weight excluding hydrogens is 206 g/mol. The Bertz CT molecular complexity index is 511. The molecule has 5 nitrogen and oxygen atoms in total. The van der Waals surface area contributed by atoms with Crippen molar-refractivity contribution in [3.8, 4) is 11.8 Å². The molecule has 0 aliphatic rings. The number of nitriles is 1. The van der Waals surface area contributed by atoms with Gasteiger partial charge in [0.05, 0.1) is 11.6 Å². The number of hydrogen-bond donors (Lipinski definition) is 0. The Morgan fingerprint density at radius 2 is 2.12 bits per heavy atom. The smallest absolute Gasteiger partial charge is 0.223 e. The quantitative estimate of drug-likeness (QED) is 0.780. The summed E-state index contributed by atoms with van der Waals surface area (Å²) in [5.41, 5.74) is 0.600. The van der Waals surface area contributed by atoms with Crippen molar-refractivity contribution in [2.75, 3.05) is 0 Å². The normalized spacial score (nSPS) is 9.75. The van der Waals surface area contributed by atoms with E-state index in [1.54, 1.807) is 31.2 Å². The van der Waals surface area contributed by atoms with Crippen LogP contribution in [0.15, 0.2) is 28.8 Å². The van der Waals surface area contributed by atoms with Crippen molar-refractivity contribution < 1.29 is 9.26 Å². The molecule has 0 atom stereocenters. The standard InChI is InChI=1S/C11H9N3O2/c1-8-13-11(14-16-8)7-15-10-4-2-9(6-12)3-5-10/h2-5H,7H2,1H3. The third-order valence-electron chi connectivity index (χ3n) is 1.92. The minimum atomic E-state index is 0.253. The Balaban J connectivity index is 1.97. The van der Waals surface area contributed by atoms with Crippen molar-refractivity contribution in [1.82, 2.24) is 10.1 Å². The second-order valence-corrected chi connectivity index (χ2v) is 3.15. The van der Waals surface area contributed by atoms with Crippen molar-refractivity contribution in [3.63, 3.8) is 0 Å². The molecular formula is C11H9N3O2. The maximum absolute atomic E-state index is 8.62. The topological polar surface area (TPSA) is 71.9 Å². The summed E-state index contributed by atoms with van der Waals surface area (Å²) in [6.07, 6.45) is 0. The molecule has 0 bridgehead atoms. The highest BCUT2D eigenvalue weighted by atomic mass is 16.5. The highest BCUT2D eigenvalue weighted by Gasteiger charge is 2.02. The second-order valence-electron chi connectivity index (χ2n) is 3.15. The number of benzene rings is 1. The van der Waals surface area contributed by atoms with Gasteiger partial charge < -0.3 is 9.26 Å². The van der Waals surface area contributed by atoms with Gasteiger partial charge in [0.1, 0.15) is 5.75 Å². The van der Waals surface area contributed by atoms with Gasteiger partial charge in [0.2, 0.25) is 11.7 Å². The first-order chi connectivity index (χ1) is 7.78. The van der Waals surface area contributed by atoms with Crippen LogP contribution in [0.25, 0.3) is 0 Å². The molecule has 0 saturated carbocycles. The molecule has 5 heteroatoms. The summed E-state index contributed by atoms with van der Waals surface area (Å²) in [4.78, 5) is 4.00. The van der Waals surface area contributed by atoms with Crippen molar-refractivity contribution >= 4 is 0 Å². The van der Waals surface area contributed by atoms with Crippen LogP contribution < -0.4 is 4.74 Å². The highest BCUT2D eigenvalue weighted by molar-refractivity contribution is 5.34. The lowest BCUT2D eigenvalue weighted by atomic mass is 10.2. The lowest BCUT2D eigenvalue weighted by Gasteiger charge is -2.02. The molecule has 16 heavy (non-hydrogen) atoms. The van der Waals surface area contributed by atoms with Gasteiger partial charge in [0, 0.05) is 6.92 Å². The third-order valence-corrected chi connectivity index (χ3v) is 1.92. The monoisotopic (exact) mass is 215 g/mol. The fourth-order valence-corrected chi connectivity index (χ4v) is 1.17. The van der Waals surface area contributed by atoms with Crippen LogP contribution in [0.2, 0.25) is 0 Å². The van der Waals surface area contributed by atoms with Gasteiger partial charge in [-0.05, 0) is 24.3 Å². The summed E-state index contributed by atoms with van der Waals surface area (Å²) < 4.78 is 10.2. The molecule has 0 fully saturated rings. The van der Waals surface area contributed by atoms with Gasteiger partial charge in [-0.25, -0.2) is 0 Å². The summed E-state index contributed by atoms with van der Waals surface area (Å²) >= 11 is 0. The fourth-order valence-electron chi connectivity index (χ4n) is 1.17. The van der Waals surface area contributed by atoms with E-state index < -0.39 is 0 Å². The predicted octanol–water partition coefficient (Wildman–Crippen LogP) is 1.83. The molecule has 0 unspecified atom stereocenters. The first kappa shape index (κ1) is 10.2. The van der Waals surface area contributed by atoms with E-state index in [4.69, 9.17) is 14.5 Å². The molecule has 1 heterocycles. The zero-order valence-electron chi connectivity index (χ0n) is 8.67. The minimum absolute atomic E-state index is 0.253. The van der Waals surface area contributed by atoms with Crippen LogP contribution in [0, 0.1) is 18.3 Å². The maximum atomic E-state index is 8.62. The molecule has 0 spiro atoms. The first-order valence-corrected chi connectivity index (χ1v) is 4.70. The van der Waals surface area contributed by atoms with Crippen LogP contribution in [-0.4, -0.2) is 10.1 Å². The molecule has 0 radical (unpaired) electrons. The molecule has 2 rings (SSSR count). The van der Waals surface area contributed by atoms with Gasteiger partial charge in [0.25, 0.3) is 0 Å². The molecule has 1 aromatic carbocycles. The van der Waals surface area contributed by atoms with E-state index in [2.05, 4.69) is 10.1 Å². The molecule has 0 saturated heterocycles. The second kappa shape index (κ2) is 4.45. The van der Waals surface area contributed by atoms with Gasteiger partial charge in [-0.15, -0.1) is 0 Å². The molecule has 0 N–H and O–H groups in total. The summed E-state index contributed by atoms with van der Waals surface area (Å²) in [6, 6.07) is 8.87. The number of nitrogens with zero attached hydrogens (tertiary/aromatic N) is 3. The number of ether oxygens (including phenoxy) is 1. The largest absolute Gasteiger partial charge is 0.485 e. The van der Waals surface area contributed by atoms with E-state index in [0.29, 0.717) is 23.0 Å². The number of aryl methyl sites for hydroxylation is 1. The van der Waals surface area contributed by atoms with Crippen LogP contribution in [0.5, 0.6) is 5.75 Å². The zero-order chi connectivity index (χ0) is 11.4. The lowest BCUT2D eigenvalue weighted by molar-refractivity contribution is 0.285. The Morgan fingerprint density at radius 1 is 1.38 bits per heavy atom. The highest BCUT2D eigenvalue weighted by Crippen LogP contribution is 2.12. The van der Waals surface area contributed by atoms with E-state index in [9.17, 15) is 0 Å². The summed E-state index contributed by atoms with van der Waals surface area (Å²) in [5.74, 6) is 1.68. The summed E-state index contributed by atoms with van der Waals surface area (Å²) in [7, 11) is 0. The molecule has 0 aliphatic carbocycles. The van der Waals surface area contributed by atoms with Gasteiger partial charge in [0.15, 0.2) is 6.61 Å². The maximum Gasteiger partial charge on any atom is 0.223 e. The molecule has 0 amide bonds.